The van der Waals surface area contributed by atoms with Gasteiger partial charge in [0, 0.05) is 12.1 Å². The molecule has 3 nitrogen and oxygen atoms in total. The number of hydrogen-bond donors (Lipinski definition) is 1. The number of methoxy groups -OCH3 is 1. The molecule has 1 aliphatic rings. The lowest BCUT2D eigenvalue weighted by atomic mass is 9.94. The van der Waals surface area contributed by atoms with Crippen molar-refractivity contribution in [1.82, 2.24) is 5.32 Å². The first-order chi connectivity index (χ1) is 8.06. The van der Waals surface area contributed by atoms with Gasteiger partial charge in [-0.3, -0.25) is 4.79 Å². The van der Waals surface area contributed by atoms with Gasteiger partial charge in [-0.25, -0.2) is 0 Å². The highest BCUT2D eigenvalue weighted by atomic mass is 16.5. The van der Waals surface area contributed by atoms with Crippen LogP contribution < -0.4 is 5.32 Å². The van der Waals surface area contributed by atoms with Gasteiger partial charge in [0.15, 0.2) is 0 Å². The van der Waals surface area contributed by atoms with Crippen molar-refractivity contribution < 1.29 is 9.53 Å². The quantitative estimate of drug-likeness (QED) is 0.607. The largest absolute Gasteiger partial charge is 0.469 e. The Morgan fingerprint density at radius 1 is 1.24 bits per heavy atom. The highest BCUT2D eigenvalue weighted by Crippen LogP contribution is 2.24. The third-order valence-corrected chi connectivity index (χ3v) is 4.16. The van der Waals surface area contributed by atoms with Crippen LogP contribution >= 0.6 is 0 Å². The molecule has 17 heavy (non-hydrogen) atoms. The second kappa shape index (κ2) is 7.00. The van der Waals surface area contributed by atoms with Crippen molar-refractivity contribution in [2.75, 3.05) is 7.11 Å². The SMILES string of the molecule is COC(=O)C(C)C(C)NC1CCCCCC1C. The Hall–Kier alpha value is -0.570. The first-order valence-corrected chi connectivity index (χ1v) is 6.90. The molecular weight excluding hydrogens is 214 g/mol. The highest BCUT2D eigenvalue weighted by molar-refractivity contribution is 5.72. The Morgan fingerprint density at radius 2 is 1.88 bits per heavy atom. The molecule has 0 aromatic carbocycles. The maximum Gasteiger partial charge on any atom is 0.309 e. The molecule has 0 amide bonds. The molecule has 1 fully saturated rings. The predicted molar refractivity (Wildman–Crippen MR) is 69.8 cm³/mol. The number of rotatable bonds is 4. The smallest absolute Gasteiger partial charge is 0.309 e. The van der Waals surface area contributed by atoms with Gasteiger partial charge in [-0.15, -0.1) is 0 Å². The van der Waals surface area contributed by atoms with E-state index in [-0.39, 0.29) is 17.9 Å². The fourth-order valence-electron chi connectivity index (χ4n) is 2.61. The first kappa shape index (κ1) is 14.5. The van der Waals surface area contributed by atoms with Gasteiger partial charge < -0.3 is 10.1 Å². The maximum absolute atomic E-state index is 11.5. The molecule has 100 valence electrons. The molecule has 0 aliphatic heterocycles. The van der Waals surface area contributed by atoms with Gasteiger partial charge >= 0.3 is 5.97 Å². The average molecular weight is 241 g/mol. The third kappa shape index (κ3) is 4.30. The molecule has 4 atom stereocenters. The van der Waals surface area contributed by atoms with Gasteiger partial charge in [0.25, 0.3) is 0 Å². The van der Waals surface area contributed by atoms with Crippen LogP contribution in [0, 0.1) is 11.8 Å². The zero-order chi connectivity index (χ0) is 12.8. The molecule has 0 aromatic rings. The molecule has 3 heteroatoms. The Morgan fingerprint density at radius 3 is 2.53 bits per heavy atom. The molecule has 0 heterocycles. The molecule has 0 aromatic heterocycles. The highest BCUT2D eigenvalue weighted by Gasteiger charge is 2.26. The fraction of sp³-hybridized carbons (Fsp3) is 0.929. The van der Waals surface area contributed by atoms with Crippen molar-refractivity contribution in [3.05, 3.63) is 0 Å². The maximum atomic E-state index is 11.5. The summed E-state index contributed by atoms with van der Waals surface area (Å²) in [5.41, 5.74) is 0. The van der Waals surface area contributed by atoms with E-state index >= 15 is 0 Å². The van der Waals surface area contributed by atoms with Crippen LogP contribution in [0.5, 0.6) is 0 Å². The van der Waals surface area contributed by atoms with E-state index in [1.165, 1.54) is 39.2 Å². The molecule has 0 saturated heterocycles. The number of hydrogen-bond acceptors (Lipinski definition) is 3. The summed E-state index contributed by atoms with van der Waals surface area (Å²) in [6.45, 7) is 6.34. The van der Waals surface area contributed by atoms with E-state index in [1.807, 2.05) is 6.92 Å². The van der Waals surface area contributed by atoms with Crippen LogP contribution in [0.15, 0.2) is 0 Å². The zero-order valence-electron chi connectivity index (χ0n) is 11.7. The average Bonchev–Trinajstić information content (AvgIpc) is 2.53. The number of esters is 1. The minimum atomic E-state index is -0.119. The number of carbonyl (C=O) groups is 1. The molecule has 1 saturated carbocycles. The van der Waals surface area contributed by atoms with Crippen molar-refractivity contribution in [3.63, 3.8) is 0 Å². The molecular formula is C14H27NO2. The number of nitrogens with one attached hydrogen (secondary N) is 1. The second-order valence-electron chi connectivity index (χ2n) is 5.49. The molecule has 0 radical (unpaired) electrons. The molecule has 4 unspecified atom stereocenters. The summed E-state index contributed by atoms with van der Waals surface area (Å²) >= 11 is 0. The molecule has 0 bridgehead atoms. The van der Waals surface area contributed by atoms with Crippen LogP contribution in [0.1, 0.15) is 52.9 Å². The summed E-state index contributed by atoms with van der Waals surface area (Å²) < 4.78 is 4.79. The van der Waals surface area contributed by atoms with E-state index in [2.05, 4.69) is 19.2 Å². The van der Waals surface area contributed by atoms with E-state index in [9.17, 15) is 4.79 Å². The van der Waals surface area contributed by atoms with Gasteiger partial charge in [-0.05, 0) is 25.7 Å². The van der Waals surface area contributed by atoms with Crippen LogP contribution in [0.4, 0.5) is 0 Å². The van der Waals surface area contributed by atoms with E-state index in [0.717, 1.165) is 0 Å². The lowest BCUT2D eigenvalue weighted by molar-refractivity contribution is -0.145. The summed E-state index contributed by atoms with van der Waals surface area (Å²) in [5.74, 6) is 0.520. The Kier molecular flexibility index (Phi) is 5.96. The van der Waals surface area contributed by atoms with Crippen molar-refractivity contribution in [2.45, 2.75) is 65.0 Å². The van der Waals surface area contributed by atoms with Crippen molar-refractivity contribution in [2.24, 2.45) is 11.8 Å². The topological polar surface area (TPSA) is 38.3 Å². The van der Waals surface area contributed by atoms with Gasteiger partial charge in [0.2, 0.25) is 0 Å². The zero-order valence-corrected chi connectivity index (χ0v) is 11.7. The van der Waals surface area contributed by atoms with Crippen molar-refractivity contribution in [1.29, 1.82) is 0 Å². The summed E-state index contributed by atoms with van der Waals surface area (Å²) in [5, 5.41) is 3.62. The summed E-state index contributed by atoms with van der Waals surface area (Å²) in [4.78, 5) is 11.5. The predicted octanol–water partition coefficient (Wildman–Crippen LogP) is 2.74. The summed E-state index contributed by atoms with van der Waals surface area (Å²) in [7, 11) is 1.46. The van der Waals surface area contributed by atoms with E-state index in [4.69, 9.17) is 4.74 Å². The van der Waals surface area contributed by atoms with Crippen LogP contribution in [0.3, 0.4) is 0 Å². The minimum absolute atomic E-state index is 0.0737. The fourth-order valence-corrected chi connectivity index (χ4v) is 2.61. The molecule has 1 N–H and O–H groups in total. The molecule has 0 spiro atoms. The second-order valence-corrected chi connectivity index (χ2v) is 5.49. The Labute approximate surface area is 105 Å². The standard InChI is InChI=1S/C14H27NO2/c1-10-8-6-5-7-9-13(10)15-12(3)11(2)14(16)17-4/h10-13,15H,5-9H2,1-4H3. The molecule has 1 rings (SSSR count). The van der Waals surface area contributed by atoms with Gasteiger partial charge in [0.1, 0.15) is 0 Å². The lowest BCUT2D eigenvalue weighted by Crippen LogP contribution is -2.45. The van der Waals surface area contributed by atoms with Gasteiger partial charge in [-0.1, -0.05) is 33.1 Å². The van der Waals surface area contributed by atoms with E-state index < -0.39 is 0 Å². The van der Waals surface area contributed by atoms with Gasteiger partial charge in [-0.2, -0.15) is 0 Å². The van der Waals surface area contributed by atoms with E-state index in [1.54, 1.807) is 0 Å². The number of ether oxygens (including phenoxy) is 1. The normalized spacial score (nSPS) is 29.2. The van der Waals surface area contributed by atoms with Crippen LogP contribution in [0.2, 0.25) is 0 Å². The van der Waals surface area contributed by atoms with E-state index in [0.29, 0.717) is 12.0 Å². The van der Waals surface area contributed by atoms with Crippen molar-refractivity contribution >= 4 is 5.97 Å². The number of carbonyl (C=O) groups excluding carboxylic acids is 1. The first-order valence-electron chi connectivity index (χ1n) is 6.90. The van der Waals surface area contributed by atoms with Gasteiger partial charge in [0.05, 0.1) is 13.0 Å². The van der Waals surface area contributed by atoms with Crippen LogP contribution in [-0.2, 0) is 9.53 Å². The lowest BCUT2D eigenvalue weighted by Gasteiger charge is -2.29. The minimum Gasteiger partial charge on any atom is -0.469 e. The monoisotopic (exact) mass is 241 g/mol. The summed E-state index contributed by atoms with van der Waals surface area (Å²) in [6, 6.07) is 0.743. The third-order valence-electron chi connectivity index (χ3n) is 4.16. The Balaban J connectivity index is 2.48. The van der Waals surface area contributed by atoms with Crippen LogP contribution in [0.25, 0.3) is 0 Å². The van der Waals surface area contributed by atoms with Crippen LogP contribution in [-0.4, -0.2) is 25.2 Å². The summed E-state index contributed by atoms with van der Waals surface area (Å²) in [6.07, 6.45) is 6.54. The Bertz CT molecular complexity index is 242. The van der Waals surface area contributed by atoms with Crippen molar-refractivity contribution in [3.8, 4) is 0 Å². The molecule has 1 aliphatic carbocycles.